The standard InChI is InChI=1S/C17H23NO5/c1-4-23-13-7-6-12(10-14(13)22-3)15(19)18-9-5-8-17(2,11-18)16(20)21/h6-7,10H,4-5,8-9,11H2,1-3H3,(H,20,21). The zero-order chi connectivity index (χ0) is 17.0. The second-order valence-corrected chi connectivity index (χ2v) is 5.99. The number of ether oxygens (including phenoxy) is 2. The Hall–Kier alpha value is -2.24. The summed E-state index contributed by atoms with van der Waals surface area (Å²) in [6, 6.07) is 5.03. The van der Waals surface area contributed by atoms with Gasteiger partial charge in [0.05, 0.1) is 19.1 Å². The maximum Gasteiger partial charge on any atom is 0.311 e. The lowest BCUT2D eigenvalue weighted by Gasteiger charge is -2.37. The second-order valence-electron chi connectivity index (χ2n) is 5.99. The SMILES string of the molecule is CCOc1ccc(C(=O)N2CCCC(C)(C(=O)O)C2)cc1OC. The highest BCUT2D eigenvalue weighted by molar-refractivity contribution is 5.95. The number of carbonyl (C=O) groups excluding carboxylic acids is 1. The van der Waals surface area contributed by atoms with Crippen molar-refractivity contribution < 1.29 is 24.2 Å². The molecule has 1 amide bonds. The Morgan fingerprint density at radius 1 is 1.35 bits per heavy atom. The van der Waals surface area contributed by atoms with Crippen LogP contribution in [0.1, 0.15) is 37.0 Å². The van der Waals surface area contributed by atoms with Gasteiger partial charge in [0.1, 0.15) is 0 Å². The van der Waals surface area contributed by atoms with E-state index in [2.05, 4.69) is 0 Å². The van der Waals surface area contributed by atoms with Crippen molar-refractivity contribution in [3.8, 4) is 11.5 Å². The van der Waals surface area contributed by atoms with Gasteiger partial charge in [-0.1, -0.05) is 0 Å². The first-order valence-corrected chi connectivity index (χ1v) is 7.75. The number of nitrogens with zero attached hydrogens (tertiary/aromatic N) is 1. The van der Waals surface area contributed by atoms with E-state index in [0.717, 1.165) is 0 Å². The van der Waals surface area contributed by atoms with E-state index in [1.54, 1.807) is 30.0 Å². The number of piperidine rings is 1. The van der Waals surface area contributed by atoms with E-state index < -0.39 is 11.4 Å². The van der Waals surface area contributed by atoms with Crippen molar-refractivity contribution in [1.29, 1.82) is 0 Å². The van der Waals surface area contributed by atoms with Crippen LogP contribution in [-0.2, 0) is 4.79 Å². The molecule has 6 nitrogen and oxygen atoms in total. The summed E-state index contributed by atoms with van der Waals surface area (Å²) >= 11 is 0. The highest BCUT2D eigenvalue weighted by atomic mass is 16.5. The van der Waals surface area contributed by atoms with Crippen molar-refractivity contribution in [3.05, 3.63) is 23.8 Å². The zero-order valence-corrected chi connectivity index (χ0v) is 13.8. The van der Waals surface area contributed by atoms with Crippen molar-refractivity contribution in [2.75, 3.05) is 26.8 Å². The number of carbonyl (C=O) groups is 2. The molecule has 1 aliphatic rings. The molecule has 1 aromatic rings. The summed E-state index contributed by atoms with van der Waals surface area (Å²) in [5, 5.41) is 9.37. The molecule has 1 unspecified atom stereocenters. The molecule has 1 atom stereocenters. The van der Waals surface area contributed by atoms with Gasteiger partial charge in [-0.05, 0) is 44.9 Å². The Balaban J connectivity index is 2.21. The molecule has 6 heteroatoms. The number of amides is 1. The normalized spacial score (nSPS) is 20.9. The summed E-state index contributed by atoms with van der Waals surface area (Å²) in [6.07, 6.45) is 1.27. The minimum Gasteiger partial charge on any atom is -0.493 e. The molecule has 1 fully saturated rings. The topological polar surface area (TPSA) is 76.1 Å². The molecule has 23 heavy (non-hydrogen) atoms. The van der Waals surface area contributed by atoms with E-state index in [1.807, 2.05) is 6.92 Å². The smallest absolute Gasteiger partial charge is 0.311 e. The van der Waals surface area contributed by atoms with Gasteiger partial charge in [0, 0.05) is 18.7 Å². The first-order chi connectivity index (χ1) is 10.9. The second kappa shape index (κ2) is 6.89. The van der Waals surface area contributed by atoms with Crippen LogP contribution in [0.15, 0.2) is 18.2 Å². The molecular weight excluding hydrogens is 298 g/mol. The van der Waals surface area contributed by atoms with Gasteiger partial charge in [-0.2, -0.15) is 0 Å². The Morgan fingerprint density at radius 2 is 2.09 bits per heavy atom. The maximum absolute atomic E-state index is 12.7. The van der Waals surface area contributed by atoms with Crippen molar-refractivity contribution in [1.82, 2.24) is 4.90 Å². The van der Waals surface area contributed by atoms with Crippen LogP contribution in [0.3, 0.4) is 0 Å². The minimum atomic E-state index is -0.886. The Bertz CT molecular complexity index is 601. The third-order valence-corrected chi connectivity index (χ3v) is 4.21. The average molecular weight is 321 g/mol. The van der Waals surface area contributed by atoms with Crippen LogP contribution in [0.4, 0.5) is 0 Å². The quantitative estimate of drug-likeness (QED) is 0.901. The van der Waals surface area contributed by atoms with Crippen molar-refractivity contribution in [3.63, 3.8) is 0 Å². The zero-order valence-electron chi connectivity index (χ0n) is 13.8. The first kappa shape index (κ1) is 17.1. The van der Waals surface area contributed by atoms with E-state index in [9.17, 15) is 14.7 Å². The van der Waals surface area contributed by atoms with Gasteiger partial charge in [0.2, 0.25) is 0 Å². The van der Waals surface area contributed by atoms with Gasteiger partial charge in [0.15, 0.2) is 11.5 Å². The Kier molecular flexibility index (Phi) is 5.13. The highest BCUT2D eigenvalue weighted by Gasteiger charge is 2.39. The Labute approximate surface area is 136 Å². The van der Waals surface area contributed by atoms with Crippen LogP contribution < -0.4 is 9.47 Å². The highest BCUT2D eigenvalue weighted by Crippen LogP contribution is 2.32. The van der Waals surface area contributed by atoms with Gasteiger partial charge in [-0.3, -0.25) is 9.59 Å². The monoisotopic (exact) mass is 321 g/mol. The molecule has 1 aromatic carbocycles. The van der Waals surface area contributed by atoms with Crippen molar-refractivity contribution in [2.24, 2.45) is 5.41 Å². The van der Waals surface area contributed by atoms with Crippen LogP contribution in [0.2, 0.25) is 0 Å². The minimum absolute atomic E-state index is 0.182. The molecule has 1 saturated heterocycles. The largest absolute Gasteiger partial charge is 0.493 e. The van der Waals surface area contributed by atoms with Gasteiger partial charge in [0.25, 0.3) is 5.91 Å². The lowest BCUT2D eigenvalue weighted by molar-refractivity contribution is -0.150. The number of methoxy groups -OCH3 is 1. The van der Waals surface area contributed by atoms with Crippen LogP contribution in [0.5, 0.6) is 11.5 Å². The molecular formula is C17H23NO5. The van der Waals surface area contributed by atoms with Crippen LogP contribution in [-0.4, -0.2) is 48.7 Å². The number of carboxylic acids is 1. The van der Waals surface area contributed by atoms with E-state index in [0.29, 0.717) is 43.1 Å². The predicted octanol–water partition coefficient (Wildman–Crippen LogP) is 2.42. The third kappa shape index (κ3) is 3.57. The van der Waals surface area contributed by atoms with E-state index >= 15 is 0 Å². The fourth-order valence-electron chi connectivity index (χ4n) is 2.85. The van der Waals surface area contributed by atoms with Gasteiger partial charge < -0.3 is 19.5 Å². The third-order valence-electron chi connectivity index (χ3n) is 4.21. The molecule has 1 N–H and O–H groups in total. The van der Waals surface area contributed by atoms with Crippen molar-refractivity contribution >= 4 is 11.9 Å². The van der Waals surface area contributed by atoms with Crippen LogP contribution in [0, 0.1) is 5.41 Å². The molecule has 0 bridgehead atoms. The number of rotatable bonds is 5. The number of hydrogen-bond acceptors (Lipinski definition) is 4. The molecule has 126 valence electrons. The summed E-state index contributed by atoms with van der Waals surface area (Å²) in [5.41, 5.74) is -0.413. The number of benzene rings is 1. The summed E-state index contributed by atoms with van der Waals surface area (Å²) in [7, 11) is 1.52. The first-order valence-electron chi connectivity index (χ1n) is 7.75. The van der Waals surface area contributed by atoms with Gasteiger partial charge in [-0.15, -0.1) is 0 Å². The predicted molar refractivity (Wildman–Crippen MR) is 85.0 cm³/mol. The molecule has 0 saturated carbocycles. The number of aliphatic carboxylic acids is 1. The lowest BCUT2D eigenvalue weighted by Crippen LogP contribution is -2.48. The molecule has 0 aliphatic carbocycles. The van der Waals surface area contributed by atoms with Gasteiger partial charge in [-0.25, -0.2) is 0 Å². The summed E-state index contributed by atoms with van der Waals surface area (Å²) in [4.78, 5) is 25.7. The number of carboxylic acid groups (broad SMARTS) is 1. The summed E-state index contributed by atoms with van der Waals surface area (Å²) < 4.78 is 10.7. The molecule has 1 heterocycles. The average Bonchev–Trinajstić information content (AvgIpc) is 2.54. The van der Waals surface area contributed by atoms with E-state index in [4.69, 9.17) is 9.47 Å². The van der Waals surface area contributed by atoms with Crippen LogP contribution in [0.25, 0.3) is 0 Å². The number of hydrogen-bond donors (Lipinski definition) is 1. The maximum atomic E-state index is 12.7. The molecule has 2 rings (SSSR count). The fourth-order valence-corrected chi connectivity index (χ4v) is 2.85. The van der Waals surface area contributed by atoms with Crippen molar-refractivity contribution in [2.45, 2.75) is 26.7 Å². The molecule has 0 spiro atoms. The molecule has 1 aliphatic heterocycles. The van der Waals surface area contributed by atoms with Crippen LogP contribution >= 0.6 is 0 Å². The van der Waals surface area contributed by atoms with Gasteiger partial charge >= 0.3 is 5.97 Å². The molecule has 0 aromatic heterocycles. The summed E-state index contributed by atoms with van der Waals surface area (Å²) in [5.74, 6) is 0.0362. The molecule has 0 radical (unpaired) electrons. The number of likely N-dealkylation sites (tertiary alicyclic amines) is 1. The summed E-state index contributed by atoms with van der Waals surface area (Å²) in [6.45, 7) is 4.85. The lowest BCUT2D eigenvalue weighted by atomic mass is 9.82. The Morgan fingerprint density at radius 3 is 2.70 bits per heavy atom. The van der Waals surface area contributed by atoms with E-state index in [1.165, 1.54) is 7.11 Å². The van der Waals surface area contributed by atoms with E-state index in [-0.39, 0.29) is 12.5 Å². The fraction of sp³-hybridized carbons (Fsp3) is 0.529.